The Morgan fingerprint density at radius 2 is 2.07 bits per heavy atom. The van der Waals surface area contributed by atoms with Gasteiger partial charge in [-0.1, -0.05) is 6.92 Å². The zero-order valence-electron chi connectivity index (χ0n) is 15.1. The molecule has 1 aromatic rings. The molecule has 0 bridgehead atoms. The van der Waals surface area contributed by atoms with Crippen LogP contribution in [0, 0.1) is 16.0 Å². The van der Waals surface area contributed by atoms with Gasteiger partial charge in [0, 0.05) is 25.1 Å². The molecule has 2 aliphatic rings. The van der Waals surface area contributed by atoms with Gasteiger partial charge in [-0.25, -0.2) is 13.8 Å². The van der Waals surface area contributed by atoms with E-state index >= 15 is 0 Å². The second-order valence-corrected chi connectivity index (χ2v) is 7.48. The predicted octanol–water partition coefficient (Wildman–Crippen LogP) is 2.73. The maximum absolute atomic E-state index is 13.6. The highest BCUT2D eigenvalue weighted by Crippen LogP contribution is 2.35. The first-order valence-electron chi connectivity index (χ1n) is 9.05. The SMILES string of the molecule is C[C@H]1CC[C@H](NC(=O)c2cc([N+](=O)[O-])c(N)nc2N2CCC(F)(F)C2)CC1. The zero-order chi connectivity index (χ0) is 19.8. The lowest BCUT2D eigenvalue weighted by molar-refractivity contribution is -0.384. The average molecular weight is 383 g/mol. The van der Waals surface area contributed by atoms with Crippen LogP contribution in [0.2, 0.25) is 0 Å². The molecule has 2 fully saturated rings. The minimum absolute atomic E-state index is 0.00151. The number of aromatic nitrogens is 1. The van der Waals surface area contributed by atoms with Gasteiger partial charge >= 0.3 is 5.69 Å². The van der Waals surface area contributed by atoms with Crippen LogP contribution in [-0.4, -0.2) is 40.9 Å². The van der Waals surface area contributed by atoms with Crippen LogP contribution < -0.4 is 16.0 Å². The molecule has 1 saturated carbocycles. The fourth-order valence-electron chi connectivity index (χ4n) is 3.65. The highest BCUT2D eigenvalue weighted by Gasteiger charge is 2.40. The Bertz CT molecular complexity index is 750. The number of nitrogen functional groups attached to an aromatic ring is 1. The van der Waals surface area contributed by atoms with Gasteiger partial charge < -0.3 is 16.0 Å². The van der Waals surface area contributed by atoms with Crippen molar-refractivity contribution in [3.63, 3.8) is 0 Å². The van der Waals surface area contributed by atoms with E-state index in [0.29, 0.717) is 5.92 Å². The van der Waals surface area contributed by atoms with E-state index < -0.39 is 34.8 Å². The Labute approximate surface area is 155 Å². The molecule has 1 aliphatic heterocycles. The van der Waals surface area contributed by atoms with Gasteiger partial charge in [-0.15, -0.1) is 0 Å². The standard InChI is InChI=1S/C17H23F2N5O3/c1-10-2-4-11(5-3-10)21-16(25)12-8-13(24(26)27)14(20)22-15(12)23-7-6-17(18,19)9-23/h8,10-11H,2-7,9H2,1H3,(H2,20,22)(H,21,25)/t10-,11-. The fraction of sp³-hybridized carbons (Fsp3) is 0.647. The highest BCUT2D eigenvalue weighted by atomic mass is 19.3. The average Bonchev–Trinajstić information content (AvgIpc) is 2.96. The number of rotatable bonds is 4. The van der Waals surface area contributed by atoms with Crippen LogP contribution in [0.3, 0.4) is 0 Å². The second-order valence-electron chi connectivity index (χ2n) is 7.48. The van der Waals surface area contributed by atoms with E-state index in [0.717, 1.165) is 31.7 Å². The maximum atomic E-state index is 13.6. The van der Waals surface area contributed by atoms with Crippen LogP contribution in [0.25, 0.3) is 0 Å². The van der Waals surface area contributed by atoms with E-state index in [1.54, 1.807) is 0 Å². The lowest BCUT2D eigenvalue weighted by atomic mass is 9.87. The third-order valence-electron chi connectivity index (χ3n) is 5.27. The van der Waals surface area contributed by atoms with Gasteiger partial charge in [0.1, 0.15) is 5.82 Å². The van der Waals surface area contributed by atoms with Crippen LogP contribution in [-0.2, 0) is 0 Å². The molecule has 1 amide bonds. The van der Waals surface area contributed by atoms with Crippen molar-refractivity contribution in [1.82, 2.24) is 10.3 Å². The summed E-state index contributed by atoms with van der Waals surface area (Å²) >= 11 is 0. The van der Waals surface area contributed by atoms with E-state index in [-0.39, 0.29) is 30.4 Å². The normalized spacial score (nSPS) is 24.6. The van der Waals surface area contributed by atoms with Crippen molar-refractivity contribution >= 4 is 23.2 Å². The number of nitrogens with one attached hydrogen (secondary N) is 1. The van der Waals surface area contributed by atoms with E-state index in [1.165, 1.54) is 4.90 Å². The van der Waals surface area contributed by atoms with Crippen molar-refractivity contribution in [2.45, 2.75) is 51.0 Å². The predicted molar refractivity (Wildman–Crippen MR) is 96.0 cm³/mol. The number of alkyl halides is 2. The number of nitro groups is 1. The molecule has 0 aromatic carbocycles. The number of carbonyl (C=O) groups is 1. The first-order chi connectivity index (χ1) is 12.7. The molecule has 1 aromatic heterocycles. The zero-order valence-corrected chi connectivity index (χ0v) is 15.1. The molecule has 1 aliphatic carbocycles. The Morgan fingerprint density at radius 1 is 1.41 bits per heavy atom. The van der Waals surface area contributed by atoms with E-state index in [9.17, 15) is 23.7 Å². The Kier molecular flexibility index (Phi) is 5.16. The quantitative estimate of drug-likeness (QED) is 0.610. The molecule has 8 nitrogen and oxygen atoms in total. The molecule has 0 atom stereocenters. The van der Waals surface area contributed by atoms with Crippen molar-refractivity contribution in [1.29, 1.82) is 0 Å². The summed E-state index contributed by atoms with van der Waals surface area (Å²) in [6.07, 6.45) is 3.22. The van der Waals surface area contributed by atoms with E-state index in [2.05, 4.69) is 17.2 Å². The van der Waals surface area contributed by atoms with Crippen LogP contribution in [0.4, 0.5) is 26.1 Å². The molecule has 1 saturated heterocycles. The molecule has 0 radical (unpaired) electrons. The summed E-state index contributed by atoms with van der Waals surface area (Å²) in [6.45, 7) is 1.55. The van der Waals surface area contributed by atoms with Gasteiger partial charge in [-0.3, -0.25) is 14.9 Å². The molecular formula is C17H23F2N5O3. The van der Waals surface area contributed by atoms with Crippen LogP contribution in [0.1, 0.15) is 49.4 Å². The Balaban J connectivity index is 1.90. The van der Waals surface area contributed by atoms with Crippen LogP contribution >= 0.6 is 0 Å². The summed E-state index contributed by atoms with van der Waals surface area (Å²) in [5.41, 5.74) is 5.03. The number of anilines is 2. The summed E-state index contributed by atoms with van der Waals surface area (Å²) < 4.78 is 27.2. The molecule has 3 rings (SSSR count). The Morgan fingerprint density at radius 3 is 2.63 bits per heavy atom. The number of halogens is 2. The molecule has 10 heteroatoms. The largest absolute Gasteiger partial charge is 0.378 e. The number of nitrogens with two attached hydrogens (primary N) is 1. The number of carbonyl (C=O) groups excluding carboxylic acids is 1. The van der Waals surface area contributed by atoms with Crippen molar-refractivity contribution in [3.8, 4) is 0 Å². The number of hydrogen-bond acceptors (Lipinski definition) is 6. The molecule has 3 N–H and O–H groups in total. The lowest BCUT2D eigenvalue weighted by Gasteiger charge is -2.27. The third-order valence-corrected chi connectivity index (χ3v) is 5.27. The molecular weight excluding hydrogens is 360 g/mol. The fourth-order valence-corrected chi connectivity index (χ4v) is 3.65. The molecule has 2 heterocycles. The lowest BCUT2D eigenvalue weighted by Crippen LogP contribution is -2.38. The smallest absolute Gasteiger partial charge is 0.312 e. The van der Waals surface area contributed by atoms with Crippen molar-refractivity contribution in [2.75, 3.05) is 23.7 Å². The van der Waals surface area contributed by atoms with Gasteiger partial charge in [0.2, 0.25) is 5.82 Å². The third kappa shape index (κ3) is 4.25. The van der Waals surface area contributed by atoms with Gasteiger partial charge in [0.15, 0.2) is 0 Å². The van der Waals surface area contributed by atoms with Crippen LogP contribution in [0.5, 0.6) is 0 Å². The molecule has 27 heavy (non-hydrogen) atoms. The number of nitrogens with zero attached hydrogens (tertiary/aromatic N) is 3. The first-order valence-corrected chi connectivity index (χ1v) is 9.05. The van der Waals surface area contributed by atoms with Crippen molar-refractivity contribution in [2.24, 2.45) is 5.92 Å². The number of hydrogen-bond donors (Lipinski definition) is 2. The topological polar surface area (TPSA) is 114 Å². The van der Waals surface area contributed by atoms with E-state index in [4.69, 9.17) is 5.73 Å². The molecule has 148 valence electrons. The summed E-state index contributed by atoms with van der Waals surface area (Å²) in [4.78, 5) is 28.4. The molecule has 0 unspecified atom stereocenters. The second kappa shape index (κ2) is 7.24. The summed E-state index contributed by atoms with van der Waals surface area (Å²) in [5, 5.41) is 14.0. The van der Waals surface area contributed by atoms with Gasteiger partial charge in [0.05, 0.1) is 17.0 Å². The highest BCUT2D eigenvalue weighted by molar-refractivity contribution is 6.00. The van der Waals surface area contributed by atoms with Crippen LogP contribution in [0.15, 0.2) is 6.07 Å². The maximum Gasteiger partial charge on any atom is 0.312 e. The first kappa shape index (κ1) is 19.2. The number of amides is 1. The molecule has 0 spiro atoms. The van der Waals surface area contributed by atoms with E-state index in [1.807, 2.05) is 0 Å². The van der Waals surface area contributed by atoms with Gasteiger partial charge in [-0.2, -0.15) is 0 Å². The monoisotopic (exact) mass is 383 g/mol. The Hall–Kier alpha value is -2.52. The summed E-state index contributed by atoms with van der Waals surface area (Å²) in [5.74, 6) is -3.27. The minimum atomic E-state index is -2.90. The number of pyridine rings is 1. The minimum Gasteiger partial charge on any atom is -0.378 e. The van der Waals surface area contributed by atoms with Gasteiger partial charge in [-0.05, 0) is 31.6 Å². The van der Waals surface area contributed by atoms with Gasteiger partial charge in [0.25, 0.3) is 11.8 Å². The van der Waals surface area contributed by atoms with Crippen molar-refractivity contribution in [3.05, 3.63) is 21.7 Å². The summed E-state index contributed by atoms with van der Waals surface area (Å²) in [7, 11) is 0. The van der Waals surface area contributed by atoms with Crippen molar-refractivity contribution < 1.29 is 18.5 Å². The summed E-state index contributed by atoms with van der Waals surface area (Å²) in [6, 6.07) is 0.993.